The van der Waals surface area contributed by atoms with Crippen LogP contribution in [0.3, 0.4) is 0 Å². The lowest BCUT2D eigenvalue weighted by Crippen LogP contribution is -2.26. The van der Waals surface area contributed by atoms with E-state index in [2.05, 4.69) is 20.8 Å². The first-order valence-electron chi connectivity index (χ1n) is 14.5. The predicted molar refractivity (Wildman–Crippen MR) is 143 cm³/mol. The molecule has 212 valence electrons. The van der Waals surface area contributed by atoms with Gasteiger partial charge < -0.3 is 14.2 Å². The molecule has 0 aliphatic carbocycles. The standard InChI is InChI=1S/C27H57O7P/c1-7-13-16-22-29-25(19-10-4)32-35(28,33-26(20-11-5)30-23-17-14-8-2)34-27(21-12-6)31-24-18-15-9-3/h25-27H,7-24H2,1-6H3. The van der Waals surface area contributed by atoms with Crippen molar-refractivity contribution in [2.45, 2.75) is 157 Å². The Morgan fingerprint density at radius 3 is 0.971 bits per heavy atom. The Morgan fingerprint density at radius 2 is 0.743 bits per heavy atom. The molecule has 8 heteroatoms. The minimum atomic E-state index is -4.02. The molecule has 0 aliphatic rings. The summed E-state index contributed by atoms with van der Waals surface area (Å²) in [5.74, 6) is 0. The van der Waals surface area contributed by atoms with E-state index in [0.717, 1.165) is 77.0 Å². The first kappa shape index (κ1) is 35.0. The molecule has 0 heterocycles. The fraction of sp³-hybridized carbons (Fsp3) is 1.00. The van der Waals surface area contributed by atoms with Crippen LogP contribution in [0.25, 0.3) is 0 Å². The molecule has 0 radical (unpaired) electrons. The zero-order valence-corrected chi connectivity index (χ0v) is 24.7. The molecule has 0 saturated carbocycles. The zero-order valence-electron chi connectivity index (χ0n) is 23.8. The van der Waals surface area contributed by atoms with Crippen LogP contribution in [-0.4, -0.2) is 38.7 Å². The van der Waals surface area contributed by atoms with E-state index in [9.17, 15) is 4.57 Å². The van der Waals surface area contributed by atoms with E-state index in [0.29, 0.717) is 39.1 Å². The van der Waals surface area contributed by atoms with Gasteiger partial charge in [-0.2, -0.15) is 0 Å². The molecular formula is C27H57O7P. The van der Waals surface area contributed by atoms with Gasteiger partial charge in [0.15, 0.2) is 18.9 Å². The number of phosphoric ester groups is 1. The minimum absolute atomic E-state index is 0.552. The molecule has 0 bridgehead atoms. The van der Waals surface area contributed by atoms with Crippen molar-refractivity contribution in [1.82, 2.24) is 0 Å². The third-order valence-electron chi connectivity index (χ3n) is 5.47. The summed E-state index contributed by atoms with van der Waals surface area (Å²) < 4.78 is 49.9. The van der Waals surface area contributed by atoms with Crippen LogP contribution in [0.15, 0.2) is 0 Å². The van der Waals surface area contributed by atoms with E-state index in [1.807, 2.05) is 20.8 Å². The second kappa shape index (κ2) is 24.3. The molecule has 7 nitrogen and oxygen atoms in total. The summed E-state index contributed by atoms with van der Waals surface area (Å²) in [6.07, 6.45) is 11.7. The Labute approximate surface area is 216 Å². The van der Waals surface area contributed by atoms with Crippen LogP contribution in [0.2, 0.25) is 0 Å². The van der Waals surface area contributed by atoms with E-state index in [4.69, 9.17) is 27.8 Å². The molecule has 0 rings (SSSR count). The highest BCUT2D eigenvalue weighted by atomic mass is 31.2. The summed E-state index contributed by atoms with van der Waals surface area (Å²) in [4.78, 5) is 0. The molecule has 0 spiro atoms. The first-order chi connectivity index (χ1) is 17.0. The molecule has 3 unspecified atom stereocenters. The molecule has 3 atom stereocenters. The molecule has 0 aromatic rings. The van der Waals surface area contributed by atoms with Crippen molar-refractivity contribution in [3.05, 3.63) is 0 Å². The van der Waals surface area contributed by atoms with E-state index in [-0.39, 0.29) is 0 Å². The molecule has 0 amide bonds. The van der Waals surface area contributed by atoms with Crippen molar-refractivity contribution >= 4 is 7.82 Å². The molecular weight excluding hydrogens is 467 g/mol. The second-order valence-corrected chi connectivity index (χ2v) is 10.7. The van der Waals surface area contributed by atoms with Gasteiger partial charge in [-0.15, -0.1) is 0 Å². The molecule has 0 aromatic heterocycles. The molecule has 0 fully saturated rings. The third kappa shape index (κ3) is 19.7. The highest BCUT2D eigenvalue weighted by Gasteiger charge is 2.37. The van der Waals surface area contributed by atoms with Crippen molar-refractivity contribution in [2.24, 2.45) is 0 Å². The highest BCUT2D eigenvalue weighted by molar-refractivity contribution is 7.48. The Hall–Kier alpha value is -0.0100. The Kier molecular flexibility index (Phi) is 24.3. The number of phosphoric acid groups is 1. The summed E-state index contributed by atoms with van der Waals surface area (Å²) in [6.45, 7) is 14.3. The van der Waals surface area contributed by atoms with E-state index >= 15 is 0 Å². The minimum Gasteiger partial charge on any atom is -0.352 e. The third-order valence-corrected chi connectivity index (χ3v) is 6.95. The van der Waals surface area contributed by atoms with Crippen LogP contribution in [0.1, 0.15) is 138 Å². The van der Waals surface area contributed by atoms with Gasteiger partial charge in [0.25, 0.3) is 0 Å². The lowest BCUT2D eigenvalue weighted by molar-refractivity contribution is -0.164. The zero-order chi connectivity index (χ0) is 26.2. The van der Waals surface area contributed by atoms with Crippen LogP contribution in [0, 0.1) is 0 Å². The molecule has 0 N–H and O–H groups in total. The smallest absolute Gasteiger partial charge is 0.352 e. The maximum absolute atomic E-state index is 14.0. The van der Waals surface area contributed by atoms with Crippen molar-refractivity contribution < 1.29 is 32.3 Å². The first-order valence-corrected chi connectivity index (χ1v) is 15.9. The van der Waals surface area contributed by atoms with Crippen molar-refractivity contribution in [1.29, 1.82) is 0 Å². The van der Waals surface area contributed by atoms with Crippen molar-refractivity contribution in [2.75, 3.05) is 19.8 Å². The lowest BCUT2D eigenvalue weighted by Gasteiger charge is -2.30. The van der Waals surface area contributed by atoms with Crippen LogP contribution in [-0.2, 0) is 32.3 Å². The van der Waals surface area contributed by atoms with Gasteiger partial charge in [0.1, 0.15) is 0 Å². The molecule has 0 aromatic carbocycles. The molecule has 0 saturated heterocycles. The monoisotopic (exact) mass is 524 g/mol. The lowest BCUT2D eigenvalue weighted by atomic mass is 10.3. The number of unbranched alkanes of at least 4 members (excludes halogenated alkanes) is 6. The van der Waals surface area contributed by atoms with Gasteiger partial charge in [-0.05, 0) is 38.5 Å². The number of ether oxygens (including phenoxy) is 3. The van der Waals surface area contributed by atoms with Gasteiger partial charge in [-0.25, -0.2) is 4.57 Å². The Morgan fingerprint density at radius 1 is 0.457 bits per heavy atom. The van der Waals surface area contributed by atoms with Gasteiger partial charge in [0.2, 0.25) is 0 Å². The van der Waals surface area contributed by atoms with Gasteiger partial charge in [-0.3, -0.25) is 13.6 Å². The quantitative estimate of drug-likeness (QED) is 0.0602. The summed E-state index contributed by atoms with van der Waals surface area (Å²) >= 11 is 0. The molecule has 0 aliphatic heterocycles. The Bertz CT molecular complexity index is 426. The summed E-state index contributed by atoms with van der Waals surface area (Å²) in [5, 5.41) is 0. The highest BCUT2D eigenvalue weighted by Crippen LogP contribution is 2.54. The van der Waals surface area contributed by atoms with Gasteiger partial charge in [-0.1, -0.05) is 99.3 Å². The second-order valence-electron chi connectivity index (χ2n) is 9.15. The van der Waals surface area contributed by atoms with Crippen LogP contribution < -0.4 is 0 Å². The van der Waals surface area contributed by atoms with Gasteiger partial charge in [0, 0.05) is 19.8 Å². The van der Waals surface area contributed by atoms with E-state index < -0.39 is 26.7 Å². The maximum Gasteiger partial charge on any atom is 0.481 e. The average Bonchev–Trinajstić information content (AvgIpc) is 2.82. The van der Waals surface area contributed by atoms with Crippen LogP contribution >= 0.6 is 7.82 Å². The van der Waals surface area contributed by atoms with Crippen LogP contribution in [0.5, 0.6) is 0 Å². The SMILES string of the molecule is CCCCCOC(CCC)OP(=O)(OC(CCC)OCCCCC)OC(CCC)OCCCCC. The van der Waals surface area contributed by atoms with Crippen LogP contribution in [0.4, 0.5) is 0 Å². The fourth-order valence-corrected chi connectivity index (χ4v) is 4.93. The number of rotatable bonds is 27. The maximum atomic E-state index is 14.0. The predicted octanol–water partition coefficient (Wildman–Crippen LogP) is 9.14. The van der Waals surface area contributed by atoms with Gasteiger partial charge in [0.05, 0.1) is 0 Å². The number of hydrogen-bond donors (Lipinski definition) is 0. The van der Waals surface area contributed by atoms with Gasteiger partial charge >= 0.3 is 7.82 Å². The van der Waals surface area contributed by atoms with Crippen molar-refractivity contribution in [3.63, 3.8) is 0 Å². The normalized spacial score (nSPS) is 16.2. The summed E-state index contributed by atoms with van der Waals surface area (Å²) in [6, 6.07) is 0. The Balaban J connectivity index is 5.49. The summed E-state index contributed by atoms with van der Waals surface area (Å²) in [7, 11) is -4.02. The molecule has 35 heavy (non-hydrogen) atoms. The number of hydrogen-bond acceptors (Lipinski definition) is 7. The van der Waals surface area contributed by atoms with Crippen molar-refractivity contribution in [3.8, 4) is 0 Å². The summed E-state index contributed by atoms with van der Waals surface area (Å²) in [5.41, 5.74) is 0. The largest absolute Gasteiger partial charge is 0.481 e. The fourth-order valence-electron chi connectivity index (χ4n) is 3.41. The average molecular weight is 525 g/mol. The van der Waals surface area contributed by atoms with E-state index in [1.165, 1.54) is 0 Å². The topological polar surface area (TPSA) is 72.5 Å². The van der Waals surface area contributed by atoms with E-state index in [1.54, 1.807) is 0 Å².